The van der Waals surface area contributed by atoms with Gasteiger partial charge in [-0.25, -0.2) is 9.59 Å². The molecule has 0 saturated heterocycles. The predicted molar refractivity (Wildman–Crippen MR) is 131 cm³/mol. The molecule has 35 heavy (non-hydrogen) atoms. The van der Waals surface area contributed by atoms with Gasteiger partial charge in [-0.15, -0.1) is 0 Å². The summed E-state index contributed by atoms with van der Waals surface area (Å²) in [7, 11) is 0. The molecular weight excluding hydrogens is 444 g/mol. The molecule has 2 fully saturated rings. The zero-order chi connectivity index (χ0) is 24.8. The summed E-state index contributed by atoms with van der Waals surface area (Å²) in [5, 5.41) is 15.4. The number of carboxylic acid groups (broad SMARTS) is 1. The quantitative estimate of drug-likeness (QED) is 0.522. The number of fused-ring (bicyclic) bond motifs is 4. The number of nitrogens with one attached hydrogen (secondary N) is 2. The average molecular weight is 477 g/mol. The molecule has 0 aromatic heterocycles. The zero-order valence-corrected chi connectivity index (χ0v) is 20.2. The SMILES string of the molecule is CCC(CC)(NC(=O)C12CC(NC(=O)OCC3c4ccccc4-c4ccccc43)CC1C2)C(=O)O. The van der Waals surface area contributed by atoms with Crippen LogP contribution >= 0.6 is 0 Å². The van der Waals surface area contributed by atoms with Crippen LogP contribution in [0, 0.1) is 11.3 Å². The highest BCUT2D eigenvalue weighted by Crippen LogP contribution is 2.63. The van der Waals surface area contributed by atoms with E-state index in [4.69, 9.17) is 4.74 Å². The van der Waals surface area contributed by atoms with Crippen LogP contribution in [0.3, 0.4) is 0 Å². The van der Waals surface area contributed by atoms with E-state index in [1.807, 2.05) is 24.3 Å². The standard InChI is InChI=1S/C28H32N2O5/c1-3-28(4-2,25(32)33)30-24(31)27-14-17(27)13-18(15-27)29-26(34)35-16-23-21-11-7-5-9-19(21)20-10-6-8-12-22(20)23/h5-12,17-18,23H,3-4,13-16H2,1-2H3,(H,29,34)(H,30,31)(H,32,33). The fraction of sp³-hybridized carbons (Fsp3) is 0.464. The fourth-order valence-electron chi connectivity index (χ4n) is 6.22. The van der Waals surface area contributed by atoms with Crippen LogP contribution < -0.4 is 10.6 Å². The summed E-state index contributed by atoms with van der Waals surface area (Å²) in [6, 6.07) is 16.2. The van der Waals surface area contributed by atoms with Crippen molar-refractivity contribution in [1.82, 2.24) is 10.6 Å². The third-order valence-electron chi connectivity index (χ3n) is 8.50. The highest BCUT2D eigenvalue weighted by Gasteiger charge is 2.66. The molecule has 3 unspecified atom stereocenters. The Balaban J connectivity index is 1.18. The van der Waals surface area contributed by atoms with Gasteiger partial charge in [0.1, 0.15) is 12.1 Å². The topological polar surface area (TPSA) is 105 Å². The summed E-state index contributed by atoms with van der Waals surface area (Å²) in [5.41, 5.74) is 2.86. The van der Waals surface area contributed by atoms with Gasteiger partial charge in [-0.1, -0.05) is 62.4 Å². The van der Waals surface area contributed by atoms with E-state index in [-0.39, 0.29) is 30.4 Å². The lowest BCUT2D eigenvalue weighted by Crippen LogP contribution is -2.56. The van der Waals surface area contributed by atoms with Crippen molar-refractivity contribution >= 4 is 18.0 Å². The minimum absolute atomic E-state index is 0.00511. The molecule has 3 aliphatic rings. The number of aliphatic carboxylic acids is 1. The third-order valence-corrected chi connectivity index (χ3v) is 8.50. The van der Waals surface area contributed by atoms with E-state index in [2.05, 4.69) is 34.9 Å². The Kier molecular flexibility index (Phi) is 5.82. The Morgan fingerprint density at radius 3 is 2.17 bits per heavy atom. The number of rotatable bonds is 8. The fourth-order valence-corrected chi connectivity index (χ4v) is 6.22. The number of benzene rings is 2. The van der Waals surface area contributed by atoms with Crippen LogP contribution in [0.1, 0.15) is 63.0 Å². The van der Waals surface area contributed by atoms with Crippen molar-refractivity contribution in [3.05, 3.63) is 59.7 Å². The smallest absolute Gasteiger partial charge is 0.407 e. The number of ether oxygens (including phenoxy) is 1. The van der Waals surface area contributed by atoms with Gasteiger partial charge in [0.15, 0.2) is 0 Å². The van der Waals surface area contributed by atoms with Crippen molar-refractivity contribution in [2.24, 2.45) is 11.3 Å². The number of hydrogen-bond acceptors (Lipinski definition) is 4. The Bertz CT molecular complexity index is 1130. The first-order valence-electron chi connectivity index (χ1n) is 12.5. The van der Waals surface area contributed by atoms with Gasteiger partial charge >= 0.3 is 12.1 Å². The number of alkyl carbamates (subject to hydrolysis) is 1. The lowest BCUT2D eigenvalue weighted by Gasteiger charge is -2.30. The van der Waals surface area contributed by atoms with E-state index in [1.165, 1.54) is 11.1 Å². The van der Waals surface area contributed by atoms with Crippen LogP contribution in [0.15, 0.2) is 48.5 Å². The van der Waals surface area contributed by atoms with E-state index < -0.39 is 23.0 Å². The maximum atomic E-state index is 13.1. The molecule has 5 rings (SSSR count). The molecule has 0 radical (unpaired) electrons. The maximum Gasteiger partial charge on any atom is 0.407 e. The number of hydrogen-bond donors (Lipinski definition) is 3. The molecule has 2 aromatic carbocycles. The highest BCUT2D eigenvalue weighted by molar-refractivity contribution is 5.92. The van der Waals surface area contributed by atoms with Crippen LogP contribution in [0.25, 0.3) is 11.1 Å². The summed E-state index contributed by atoms with van der Waals surface area (Å²) in [6.45, 7) is 3.79. The summed E-state index contributed by atoms with van der Waals surface area (Å²) < 4.78 is 5.66. The molecule has 2 saturated carbocycles. The first kappa shape index (κ1) is 23.4. The third kappa shape index (κ3) is 3.87. The largest absolute Gasteiger partial charge is 0.480 e. The summed E-state index contributed by atoms with van der Waals surface area (Å²) in [6.07, 6.45) is 2.13. The van der Waals surface area contributed by atoms with E-state index in [1.54, 1.807) is 13.8 Å². The van der Waals surface area contributed by atoms with Crippen molar-refractivity contribution < 1.29 is 24.2 Å². The monoisotopic (exact) mass is 476 g/mol. The van der Waals surface area contributed by atoms with Gasteiger partial charge in [0, 0.05) is 12.0 Å². The van der Waals surface area contributed by atoms with E-state index in [0.29, 0.717) is 25.7 Å². The predicted octanol–water partition coefficient (Wildman–Crippen LogP) is 4.45. The minimum atomic E-state index is -1.24. The molecular formula is C28H32N2O5. The van der Waals surface area contributed by atoms with Crippen LogP contribution in [0.5, 0.6) is 0 Å². The zero-order valence-electron chi connectivity index (χ0n) is 20.2. The number of carbonyl (C=O) groups excluding carboxylic acids is 2. The molecule has 7 heteroatoms. The van der Waals surface area contributed by atoms with Crippen molar-refractivity contribution in [3.8, 4) is 11.1 Å². The lowest BCUT2D eigenvalue weighted by molar-refractivity contribution is -0.149. The van der Waals surface area contributed by atoms with Crippen LogP contribution in [0.2, 0.25) is 0 Å². The van der Waals surface area contributed by atoms with Crippen molar-refractivity contribution in [1.29, 1.82) is 0 Å². The molecule has 3 aliphatic carbocycles. The van der Waals surface area contributed by atoms with Crippen molar-refractivity contribution in [2.45, 2.75) is 63.5 Å². The lowest BCUT2D eigenvalue weighted by atomic mass is 9.90. The average Bonchev–Trinajstić information content (AvgIpc) is 3.29. The second-order valence-electron chi connectivity index (χ2n) is 10.2. The van der Waals surface area contributed by atoms with Crippen LogP contribution in [0.4, 0.5) is 4.79 Å². The molecule has 2 amide bonds. The molecule has 7 nitrogen and oxygen atoms in total. The van der Waals surface area contributed by atoms with Crippen molar-refractivity contribution in [3.63, 3.8) is 0 Å². The normalized spacial score (nSPS) is 24.2. The van der Waals surface area contributed by atoms with Gasteiger partial charge in [0.2, 0.25) is 5.91 Å². The van der Waals surface area contributed by atoms with Gasteiger partial charge in [0.25, 0.3) is 0 Å². The van der Waals surface area contributed by atoms with Crippen LogP contribution in [-0.2, 0) is 14.3 Å². The molecule has 2 aromatic rings. The first-order chi connectivity index (χ1) is 16.8. The molecule has 3 N–H and O–H groups in total. The van der Waals surface area contributed by atoms with Crippen LogP contribution in [-0.4, -0.2) is 41.3 Å². The van der Waals surface area contributed by atoms with Gasteiger partial charge < -0.3 is 20.5 Å². The highest BCUT2D eigenvalue weighted by atomic mass is 16.5. The molecule has 0 bridgehead atoms. The molecule has 0 spiro atoms. The number of carboxylic acids is 1. The van der Waals surface area contributed by atoms with Crippen molar-refractivity contribution in [2.75, 3.05) is 6.61 Å². The summed E-state index contributed by atoms with van der Waals surface area (Å²) in [5.74, 6) is -1.04. The van der Waals surface area contributed by atoms with E-state index in [0.717, 1.165) is 17.5 Å². The van der Waals surface area contributed by atoms with Gasteiger partial charge in [-0.3, -0.25) is 4.79 Å². The first-order valence-corrected chi connectivity index (χ1v) is 12.5. The van der Waals surface area contributed by atoms with Gasteiger partial charge in [-0.05, 0) is 60.3 Å². The molecule has 0 heterocycles. The second kappa shape index (κ2) is 8.70. The minimum Gasteiger partial charge on any atom is -0.480 e. The van der Waals surface area contributed by atoms with E-state index in [9.17, 15) is 19.5 Å². The maximum absolute atomic E-state index is 13.1. The Morgan fingerprint density at radius 2 is 1.60 bits per heavy atom. The van der Waals surface area contributed by atoms with Gasteiger partial charge in [0.05, 0.1) is 5.41 Å². The summed E-state index contributed by atoms with van der Waals surface area (Å²) in [4.78, 5) is 37.6. The Labute approximate surface area is 205 Å². The van der Waals surface area contributed by atoms with Gasteiger partial charge in [-0.2, -0.15) is 0 Å². The number of carbonyl (C=O) groups is 3. The Morgan fingerprint density at radius 1 is 1.00 bits per heavy atom. The molecule has 0 aliphatic heterocycles. The molecule has 184 valence electrons. The number of amides is 2. The van der Waals surface area contributed by atoms with E-state index >= 15 is 0 Å². The molecule has 3 atom stereocenters. The Hall–Kier alpha value is -3.35. The second-order valence-corrected chi connectivity index (χ2v) is 10.2. The summed E-state index contributed by atoms with van der Waals surface area (Å²) >= 11 is 0.